The molecular formula is C12H21NO2S. The van der Waals surface area contributed by atoms with Crippen molar-refractivity contribution >= 4 is 18.5 Å². The van der Waals surface area contributed by atoms with Crippen molar-refractivity contribution in [1.29, 1.82) is 0 Å². The normalized spacial score (nSPS) is 34.6. The molecule has 2 unspecified atom stereocenters. The molecule has 16 heavy (non-hydrogen) atoms. The Morgan fingerprint density at radius 2 is 2.25 bits per heavy atom. The van der Waals surface area contributed by atoms with E-state index < -0.39 is 5.60 Å². The number of piperidine rings is 1. The summed E-state index contributed by atoms with van der Waals surface area (Å²) in [6, 6.07) is 0. The number of carbonyl (C=O) groups excluding carboxylic acids is 1. The summed E-state index contributed by atoms with van der Waals surface area (Å²) in [5.74, 6) is 1.12. The van der Waals surface area contributed by atoms with Crippen molar-refractivity contribution in [2.45, 2.75) is 44.1 Å². The van der Waals surface area contributed by atoms with Crippen LogP contribution in [0, 0.1) is 5.92 Å². The third kappa shape index (κ3) is 2.38. The zero-order valence-electron chi connectivity index (χ0n) is 9.69. The molecule has 1 aliphatic carbocycles. The number of carbonyl (C=O) groups is 1. The lowest BCUT2D eigenvalue weighted by atomic mass is 9.71. The molecule has 0 spiro atoms. The topological polar surface area (TPSA) is 40.5 Å². The zero-order chi connectivity index (χ0) is 11.6. The average molecular weight is 243 g/mol. The molecule has 2 rings (SSSR count). The van der Waals surface area contributed by atoms with Gasteiger partial charge in [-0.2, -0.15) is 12.6 Å². The fourth-order valence-electron chi connectivity index (χ4n) is 3.05. The van der Waals surface area contributed by atoms with Crippen molar-refractivity contribution in [3.05, 3.63) is 0 Å². The summed E-state index contributed by atoms with van der Waals surface area (Å²) in [5.41, 5.74) is -0.476. The lowest BCUT2D eigenvalue weighted by Crippen LogP contribution is -2.54. The first-order chi connectivity index (χ1) is 7.65. The molecule has 0 aromatic heterocycles. The Morgan fingerprint density at radius 1 is 1.44 bits per heavy atom. The van der Waals surface area contributed by atoms with Gasteiger partial charge in [-0.15, -0.1) is 0 Å². The maximum atomic E-state index is 11.8. The second-order valence-corrected chi connectivity index (χ2v) is 5.56. The maximum Gasteiger partial charge on any atom is 0.223 e. The van der Waals surface area contributed by atoms with E-state index in [0.29, 0.717) is 18.1 Å². The first-order valence-corrected chi connectivity index (χ1v) is 6.90. The third-order valence-corrected chi connectivity index (χ3v) is 4.33. The lowest BCUT2D eigenvalue weighted by Gasteiger charge is -2.47. The molecule has 4 heteroatoms. The van der Waals surface area contributed by atoms with E-state index >= 15 is 0 Å². The number of amides is 1. The number of hydrogen-bond donors (Lipinski definition) is 2. The molecule has 2 aliphatic rings. The molecule has 2 atom stereocenters. The van der Waals surface area contributed by atoms with Gasteiger partial charge in [0.05, 0.1) is 5.60 Å². The van der Waals surface area contributed by atoms with Gasteiger partial charge >= 0.3 is 0 Å². The first kappa shape index (κ1) is 12.2. The van der Waals surface area contributed by atoms with E-state index in [1.807, 2.05) is 4.90 Å². The molecule has 1 saturated heterocycles. The van der Waals surface area contributed by atoms with Crippen LogP contribution in [-0.2, 0) is 4.79 Å². The lowest BCUT2D eigenvalue weighted by molar-refractivity contribution is -0.142. The van der Waals surface area contributed by atoms with Gasteiger partial charge in [0.2, 0.25) is 5.91 Å². The van der Waals surface area contributed by atoms with Gasteiger partial charge in [-0.3, -0.25) is 4.79 Å². The van der Waals surface area contributed by atoms with Crippen LogP contribution in [-0.4, -0.2) is 40.4 Å². The molecule has 1 N–H and O–H groups in total. The fourth-order valence-corrected chi connectivity index (χ4v) is 3.24. The number of likely N-dealkylation sites (tertiary alicyclic amines) is 1. The Labute approximate surface area is 103 Å². The highest BCUT2D eigenvalue weighted by molar-refractivity contribution is 7.80. The summed E-state index contributed by atoms with van der Waals surface area (Å²) in [4.78, 5) is 13.7. The van der Waals surface area contributed by atoms with Gasteiger partial charge in [0.25, 0.3) is 0 Å². The standard InChI is InChI=1S/C12H21NO2S/c14-11(4-8-16)13-7-6-12(15)5-2-1-3-10(12)9-13/h10,15-16H,1-9H2. The van der Waals surface area contributed by atoms with Crippen LogP contribution in [0.4, 0.5) is 0 Å². The second kappa shape index (κ2) is 4.96. The van der Waals surface area contributed by atoms with E-state index in [2.05, 4.69) is 12.6 Å². The minimum Gasteiger partial charge on any atom is -0.389 e. The van der Waals surface area contributed by atoms with Crippen molar-refractivity contribution in [2.75, 3.05) is 18.8 Å². The van der Waals surface area contributed by atoms with Gasteiger partial charge in [-0.25, -0.2) is 0 Å². The molecule has 92 valence electrons. The summed E-state index contributed by atoms with van der Waals surface area (Å²) in [6.45, 7) is 1.47. The zero-order valence-corrected chi connectivity index (χ0v) is 10.6. The predicted molar refractivity (Wildman–Crippen MR) is 66.6 cm³/mol. The minimum atomic E-state index is -0.476. The van der Waals surface area contributed by atoms with Gasteiger partial charge in [-0.05, 0) is 25.0 Å². The van der Waals surface area contributed by atoms with Crippen LogP contribution in [0.1, 0.15) is 38.5 Å². The number of thiol groups is 1. The summed E-state index contributed by atoms with van der Waals surface area (Å²) < 4.78 is 0. The quantitative estimate of drug-likeness (QED) is 0.721. The Balaban J connectivity index is 1.96. The average Bonchev–Trinajstić information content (AvgIpc) is 2.28. The van der Waals surface area contributed by atoms with E-state index in [9.17, 15) is 9.90 Å². The van der Waals surface area contributed by atoms with Gasteiger partial charge in [-0.1, -0.05) is 12.8 Å². The van der Waals surface area contributed by atoms with E-state index in [1.165, 1.54) is 6.42 Å². The van der Waals surface area contributed by atoms with Crippen LogP contribution in [0.15, 0.2) is 0 Å². The summed E-state index contributed by atoms with van der Waals surface area (Å²) in [6.07, 6.45) is 5.61. The van der Waals surface area contributed by atoms with Crippen molar-refractivity contribution in [1.82, 2.24) is 4.90 Å². The molecule has 3 nitrogen and oxygen atoms in total. The van der Waals surface area contributed by atoms with Crippen LogP contribution in [0.5, 0.6) is 0 Å². The monoisotopic (exact) mass is 243 g/mol. The predicted octanol–water partition coefficient (Wildman–Crippen LogP) is 1.46. The van der Waals surface area contributed by atoms with Crippen molar-refractivity contribution in [2.24, 2.45) is 5.92 Å². The van der Waals surface area contributed by atoms with E-state index in [0.717, 1.165) is 38.8 Å². The van der Waals surface area contributed by atoms with Crippen LogP contribution in [0.25, 0.3) is 0 Å². The molecule has 2 fully saturated rings. The molecular weight excluding hydrogens is 222 g/mol. The smallest absolute Gasteiger partial charge is 0.223 e. The van der Waals surface area contributed by atoms with Crippen molar-refractivity contribution < 1.29 is 9.90 Å². The van der Waals surface area contributed by atoms with E-state index in [4.69, 9.17) is 0 Å². The van der Waals surface area contributed by atoms with Crippen LogP contribution < -0.4 is 0 Å². The Bertz CT molecular complexity index is 272. The van der Waals surface area contributed by atoms with Crippen LogP contribution in [0.2, 0.25) is 0 Å². The molecule has 0 aromatic carbocycles. The third-order valence-electron chi connectivity index (χ3n) is 4.11. The number of rotatable bonds is 2. The fraction of sp³-hybridized carbons (Fsp3) is 0.917. The Hall–Kier alpha value is -0.220. The van der Waals surface area contributed by atoms with Gasteiger partial charge < -0.3 is 10.0 Å². The SMILES string of the molecule is O=C(CCS)N1CCC2(O)CCCCC2C1. The minimum absolute atomic E-state index is 0.197. The molecule has 1 amide bonds. The largest absolute Gasteiger partial charge is 0.389 e. The maximum absolute atomic E-state index is 11.8. The van der Waals surface area contributed by atoms with E-state index in [1.54, 1.807) is 0 Å². The number of aliphatic hydroxyl groups is 1. The van der Waals surface area contributed by atoms with Gasteiger partial charge in [0, 0.05) is 25.4 Å². The molecule has 0 bridgehead atoms. The molecule has 1 aliphatic heterocycles. The highest BCUT2D eigenvalue weighted by atomic mass is 32.1. The summed E-state index contributed by atoms with van der Waals surface area (Å²) >= 11 is 4.09. The van der Waals surface area contributed by atoms with E-state index in [-0.39, 0.29) is 5.91 Å². The van der Waals surface area contributed by atoms with Crippen LogP contribution in [0.3, 0.4) is 0 Å². The second-order valence-electron chi connectivity index (χ2n) is 5.11. The Kier molecular flexibility index (Phi) is 3.80. The van der Waals surface area contributed by atoms with Crippen molar-refractivity contribution in [3.63, 3.8) is 0 Å². The first-order valence-electron chi connectivity index (χ1n) is 6.27. The molecule has 1 saturated carbocycles. The highest BCUT2D eigenvalue weighted by Gasteiger charge is 2.43. The highest BCUT2D eigenvalue weighted by Crippen LogP contribution is 2.39. The molecule has 0 radical (unpaired) electrons. The molecule has 0 aromatic rings. The summed E-state index contributed by atoms with van der Waals surface area (Å²) in [5, 5.41) is 10.5. The van der Waals surface area contributed by atoms with Crippen LogP contribution >= 0.6 is 12.6 Å². The molecule has 1 heterocycles. The number of hydrogen-bond acceptors (Lipinski definition) is 3. The van der Waals surface area contributed by atoms with Gasteiger partial charge in [0.1, 0.15) is 0 Å². The number of fused-ring (bicyclic) bond motifs is 1. The number of nitrogens with zero attached hydrogens (tertiary/aromatic N) is 1. The van der Waals surface area contributed by atoms with Gasteiger partial charge in [0.15, 0.2) is 0 Å². The van der Waals surface area contributed by atoms with Crippen molar-refractivity contribution in [3.8, 4) is 0 Å². The Morgan fingerprint density at radius 3 is 3.00 bits per heavy atom. The summed E-state index contributed by atoms with van der Waals surface area (Å²) in [7, 11) is 0.